The molecule has 0 aliphatic carbocycles. The van der Waals surface area contributed by atoms with Crippen LogP contribution in [0.3, 0.4) is 0 Å². The molecule has 1 heterocycles. The lowest BCUT2D eigenvalue weighted by atomic mass is 9.90. The number of hydrogen-bond donors (Lipinski definition) is 0. The summed E-state index contributed by atoms with van der Waals surface area (Å²) in [4.78, 5) is 0. The van der Waals surface area contributed by atoms with Crippen LogP contribution in [0.4, 0.5) is 0 Å². The van der Waals surface area contributed by atoms with Gasteiger partial charge in [-0.2, -0.15) is 0 Å². The van der Waals surface area contributed by atoms with Crippen molar-refractivity contribution < 1.29 is 9.47 Å². The third kappa shape index (κ3) is 2.04. The van der Waals surface area contributed by atoms with Gasteiger partial charge >= 0.3 is 0 Å². The van der Waals surface area contributed by atoms with Crippen LogP contribution in [0.1, 0.15) is 17.2 Å². The molecule has 0 saturated heterocycles. The summed E-state index contributed by atoms with van der Waals surface area (Å²) in [5.41, 5.74) is 4.67. The molecule has 0 amide bonds. The second-order valence-electron chi connectivity index (χ2n) is 5.36. The van der Waals surface area contributed by atoms with E-state index < -0.39 is 0 Å². The predicted molar refractivity (Wildman–Crippen MR) is 87.3 cm³/mol. The van der Waals surface area contributed by atoms with Crippen molar-refractivity contribution >= 4 is 0 Å². The van der Waals surface area contributed by atoms with Gasteiger partial charge in [0.2, 0.25) is 0 Å². The first kappa shape index (κ1) is 13.0. The Balaban J connectivity index is 1.89. The van der Waals surface area contributed by atoms with Crippen LogP contribution in [-0.2, 0) is 0 Å². The number of rotatable bonds is 2. The summed E-state index contributed by atoms with van der Waals surface area (Å²) in [6, 6.07) is 24.7. The molecule has 108 valence electrons. The van der Waals surface area contributed by atoms with Crippen molar-refractivity contribution in [1.82, 2.24) is 0 Å². The molecule has 0 N–H and O–H groups in total. The molecular weight excluding hydrogens is 272 g/mol. The van der Waals surface area contributed by atoms with E-state index in [1.54, 1.807) is 7.11 Å². The Kier molecular flexibility index (Phi) is 3.08. The third-order valence-corrected chi connectivity index (χ3v) is 4.06. The van der Waals surface area contributed by atoms with Gasteiger partial charge in [-0.05, 0) is 23.8 Å². The summed E-state index contributed by atoms with van der Waals surface area (Å²) < 4.78 is 11.6. The smallest absolute Gasteiger partial charge is 0.150 e. The molecular formula is C20H16O2. The minimum atomic E-state index is -0.110. The van der Waals surface area contributed by atoms with Gasteiger partial charge in [-0.25, -0.2) is 0 Å². The number of hydrogen-bond acceptors (Lipinski definition) is 2. The maximum Gasteiger partial charge on any atom is 0.150 e. The average molecular weight is 288 g/mol. The van der Waals surface area contributed by atoms with Crippen LogP contribution >= 0.6 is 0 Å². The molecule has 3 aromatic rings. The van der Waals surface area contributed by atoms with Crippen LogP contribution < -0.4 is 9.47 Å². The highest BCUT2D eigenvalue weighted by Gasteiger charge is 2.26. The van der Waals surface area contributed by atoms with E-state index in [1.807, 2.05) is 36.4 Å². The van der Waals surface area contributed by atoms with Crippen LogP contribution in [0.2, 0.25) is 0 Å². The van der Waals surface area contributed by atoms with E-state index in [2.05, 4.69) is 36.4 Å². The lowest BCUT2D eigenvalue weighted by Crippen LogP contribution is -2.15. The predicted octanol–water partition coefficient (Wildman–Crippen LogP) is 4.84. The molecule has 0 aromatic heterocycles. The van der Waals surface area contributed by atoms with E-state index in [4.69, 9.17) is 9.47 Å². The summed E-state index contributed by atoms with van der Waals surface area (Å²) in [5.74, 6) is 1.77. The van der Waals surface area contributed by atoms with Gasteiger partial charge in [0.25, 0.3) is 0 Å². The highest BCUT2D eigenvalue weighted by molar-refractivity contribution is 5.76. The molecule has 1 aliphatic heterocycles. The lowest BCUT2D eigenvalue weighted by Gasteiger charge is -2.29. The van der Waals surface area contributed by atoms with Crippen molar-refractivity contribution in [3.05, 3.63) is 83.9 Å². The van der Waals surface area contributed by atoms with Crippen LogP contribution in [0, 0.1) is 0 Å². The van der Waals surface area contributed by atoms with Gasteiger partial charge in [0, 0.05) is 16.7 Å². The normalized spacial score (nSPS) is 15.4. The van der Waals surface area contributed by atoms with E-state index in [-0.39, 0.29) is 6.10 Å². The molecule has 1 atom stereocenters. The Morgan fingerprint density at radius 2 is 1.59 bits per heavy atom. The Morgan fingerprint density at radius 3 is 2.45 bits per heavy atom. The molecule has 2 nitrogen and oxygen atoms in total. The van der Waals surface area contributed by atoms with Gasteiger partial charge in [-0.1, -0.05) is 54.6 Å². The highest BCUT2D eigenvalue weighted by Crippen LogP contribution is 2.44. The highest BCUT2D eigenvalue weighted by atomic mass is 16.5. The Labute approximate surface area is 129 Å². The maximum atomic E-state index is 6.29. The second kappa shape index (κ2) is 5.23. The maximum absolute atomic E-state index is 6.29. The minimum Gasteiger partial charge on any atom is -0.497 e. The Hall–Kier alpha value is -2.74. The van der Waals surface area contributed by atoms with Crippen LogP contribution in [0.15, 0.2) is 72.8 Å². The molecule has 0 radical (unpaired) electrons. The summed E-state index contributed by atoms with van der Waals surface area (Å²) in [7, 11) is 1.68. The molecule has 1 aliphatic rings. The van der Waals surface area contributed by atoms with Crippen molar-refractivity contribution in [3.8, 4) is 22.6 Å². The molecule has 22 heavy (non-hydrogen) atoms. The monoisotopic (exact) mass is 288 g/mol. The van der Waals surface area contributed by atoms with E-state index in [0.29, 0.717) is 0 Å². The van der Waals surface area contributed by atoms with Crippen LogP contribution in [0.5, 0.6) is 11.5 Å². The standard InChI is InChI=1S/C20H16O2/c1-21-15-8-6-7-14(13-15)20-18-11-3-2-9-16(18)17-10-4-5-12-19(17)22-20/h2-13,20H,1H3. The first-order chi connectivity index (χ1) is 10.9. The Morgan fingerprint density at radius 1 is 0.818 bits per heavy atom. The zero-order valence-electron chi connectivity index (χ0n) is 12.3. The van der Waals surface area contributed by atoms with Crippen molar-refractivity contribution in [2.75, 3.05) is 7.11 Å². The van der Waals surface area contributed by atoms with E-state index in [0.717, 1.165) is 22.6 Å². The number of ether oxygens (including phenoxy) is 2. The molecule has 2 heteroatoms. The van der Waals surface area contributed by atoms with Crippen molar-refractivity contribution in [3.63, 3.8) is 0 Å². The SMILES string of the molecule is COc1cccc(C2Oc3ccccc3-c3ccccc32)c1. The molecule has 3 aromatic carbocycles. The second-order valence-corrected chi connectivity index (χ2v) is 5.36. The molecule has 0 saturated carbocycles. The van der Waals surface area contributed by atoms with Gasteiger partial charge in [0.05, 0.1) is 7.11 Å². The van der Waals surface area contributed by atoms with Gasteiger partial charge in [0.15, 0.2) is 0 Å². The topological polar surface area (TPSA) is 18.5 Å². The number of methoxy groups -OCH3 is 1. The van der Waals surface area contributed by atoms with E-state index in [9.17, 15) is 0 Å². The van der Waals surface area contributed by atoms with E-state index in [1.165, 1.54) is 11.1 Å². The van der Waals surface area contributed by atoms with Gasteiger partial charge in [-0.15, -0.1) is 0 Å². The van der Waals surface area contributed by atoms with Crippen molar-refractivity contribution in [2.24, 2.45) is 0 Å². The molecule has 4 rings (SSSR count). The average Bonchev–Trinajstić information content (AvgIpc) is 2.61. The van der Waals surface area contributed by atoms with Gasteiger partial charge in [0.1, 0.15) is 17.6 Å². The summed E-state index contributed by atoms with van der Waals surface area (Å²) in [5, 5.41) is 0. The first-order valence-electron chi connectivity index (χ1n) is 7.36. The fourth-order valence-corrected chi connectivity index (χ4v) is 3.01. The number of benzene rings is 3. The summed E-state index contributed by atoms with van der Waals surface area (Å²) >= 11 is 0. The quantitative estimate of drug-likeness (QED) is 0.671. The number of para-hydroxylation sites is 1. The molecule has 0 spiro atoms. The molecule has 0 fully saturated rings. The summed E-state index contributed by atoms with van der Waals surface area (Å²) in [6.07, 6.45) is -0.110. The largest absolute Gasteiger partial charge is 0.497 e. The zero-order chi connectivity index (χ0) is 14.9. The lowest BCUT2D eigenvalue weighted by molar-refractivity contribution is 0.243. The minimum absolute atomic E-state index is 0.110. The van der Waals surface area contributed by atoms with E-state index >= 15 is 0 Å². The summed E-state index contributed by atoms with van der Waals surface area (Å²) in [6.45, 7) is 0. The molecule has 1 unspecified atom stereocenters. The third-order valence-electron chi connectivity index (χ3n) is 4.06. The fraction of sp³-hybridized carbons (Fsp3) is 0.100. The Bertz CT molecular complexity index is 823. The number of fused-ring (bicyclic) bond motifs is 3. The zero-order valence-corrected chi connectivity index (χ0v) is 12.3. The molecule has 0 bridgehead atoms. The van der Waals surface area contributed by atoms with Crippen LogP contribution in [0.25, 0.3) is 11.1 Å². The van der Waals surface area contributed by atoms with Crippen LogP contribution in [-0.4, -0.2) is 7.11 Å². The van der Waals surface area contributed by atoms with Crippen molar-refractivity contribution in [1.29, 1.82) is 0 Å². The fourth-order valence-electron chi connectivity index (χ4n) is 3.01. The van der Waals surface area contributed by atoms with Gasteiger partial charge < -0.3 is 9.47 Å². The van der Waals surface area contributed by atoms with Crippen molar-refractivity contribution in [2.45, 2.75) is 6.10 Å². The first-order valence-corrected chi connectivity index (χ1v) is 7.36. The van der Waals surface area contributed by atoms with Gasteiger partial charge in [-0.3, -0.25) is 0 Å².